The smallest absolute Gasteiger partial charge is 0.305 e. The lowest BCUT2D eigenvalue weighted by Gasteiger charge is -2.05. The Morgan fingerprint density at radius 1 is 1.61 bits per heavy atom. The summed E-state index contributed by atoms with van der Waals surface area (Å²) in [6, 6.07) is 3.24. The van der Waals surface area contributed by atoms with Crippen molar-refractivity contribution in [1.29, 1.82) is 0 Å². The molecule has 2 aromatic rings. The Labute approximate surface area is 108 Å². The van der Waals surface area contributed by atoms with Gasteiger partial charge >= 0.3 is 5.97 Å². The maximum Gasteiger partial charge on any atom is 0.305 e. The fourth-order valence-corrected chi connectivity index (χ4v) is 2.70. The number of nitrogens with zero attached hydrogens (tertiary/aromatic N) is 2. The molecule has 0 radical (unpaired) electrons. The first-order chi connectivity index (χ1) is 8.58. The van der Waals surface area contributed by atoms with Gasteiger partial charge in [-0.3, -0.25) is 9.78 Å². The summed E-state index contributed by atoms with van der Waals surface area (Å²) in [6.45, 7) is 1.84. The van der Waals surface area contributed by atoms with E-state index in [1.54, 1.807) is 12.4 Å². The third-order valence-corrected chi connectivity index (χ3v) is 3.81. The van der Waals surface area contributed by atoms with Gasteiger partial charge in [0.05, 0.1) is 18.2 Å². The quantitative estimate of drug-likeness (QED) is 0.880. The number of hydrogen-bond acceptors (Lipinski definition) is 5. The van der Waals surface area contributed by atoms with E-state index in [1.165, 1.54) is 11.3 Å². The highest BCUT2D eigenvalue weighted by molar-refractivity contribution is 7.15. The van der Waals surface area contributed by atoms with E-state index in [4.69, 9.17) is 10.8 Å². The maximum atomic E-state index is 10.7. The van der Waals surface area contributed by atoms with Gasteiger partial charge in [-0.1, -0.05) is 0 Å². The Morgan fingerprint density at radius 2 is 2.39 bits per heavy atom. The van der Waals surface area contributed by atoms with Gasteiger partial charge in [0, 0.05) is 22.8 Å². The molecule has 0 fully saturated rings. The second-order valence-corrected chi connectivity index (χ2v) is 4.95. The van der Waals surface area contributed by atoms with Crippen LogP contribution < -0.4 is 5.73 Å². The van der Waals surface area contributed by atoms with Crippen molar-refractivity contribution in [2.75, 3.05) is 0 Å². The largest absolute Gasteiger partial charge is 0.481 e. The highest BCUT2D eigenvalue weighted by Gasteiger charge is 2.18. The molecule has 0 saturated carbocycles. The van der Waals surface area contributed by atoms with Crippen molar-refractivity contribution in [3.05, 3.63) is 35.1 Å². The van der Waals surface area contributed by atoms with Gasteiger partial charge in [0.2, 0.25) is 0 Å². The molecular weight excluding hydrogens is 250 g/mol. The Morgan fingerprint density at radius 3 is 3.00 bits per heavy atom. The summed E-state index contributed by atoms with van der Waals surface area (Å²) < 4.78 is 0. The van der Waals surface area contributed by atoms with Crippen LogP contribution in [0.3, 0.4) is 0 Å². The molecule has 5 nitrogen and oxygen atoms in total. The van der Waals surface area contributed by atoms with Gasteiger partial charge in [-0.15, -0.1) is 11.3 Å². The third kappa shape index (κ3) is 2.72. The topological polar surface area (TPSA) is 89.1 Å². The number of carbonyl (C=O) groups is 1. The number of nitrogens with two attached hydrogens (primary N) is 1. The summed E-state index contributed by atoms with van der Waals surface area (Å²) in [5.41, 5.74) is 7.56. The molecule has 2 rings (SSSR count). The summed E-state index contributed by atoms with van der Waals surface area (Å²) in [5.74, 6) is -0.904. The lowest BCUT2D eigenvalue weighted by Crippen LogP contribution is -2.14. The zero-order chi connectivity index (χ0) is 13.1. The summed E-state index contributed by atoms with van der Waals surface area (Å²) in [4.78, 5) is 19.9. The van der Waals surface area contributed by atoms with Crippen molar-refractivity contribution in [3.63, 3.8) is 0 Å². The Balaban J connectivity index is 2.30. The highest BCUT2D eigenvalue weighted by Crippen LogP contribution is 2.31. The second kappa shape index (κ2) is 5.24. The molecule has 3 N–H and O–H groups in total. The van der Waals surface area contributed by atoms with Crippen LogP contribution in [0.2, 0.25) is 0 Å². The van der Waals surface area contributed by atoms with Crippen LogP contribution >= 0.6 is 11.3 Å². The summed E-state index contributed by atoms with van der Waals surface area (Å²) >= 11 is 1.42. The zero-order valence-corrected chi connectivity index (χ0v) is 10.6. The SMILES string of the molecule is Cc1nc(-c2cccnc2)sc1C(N)CC(=O)O. The van der Waals surface area contributed by atoms with Gasteiger partial charge in [-0.2, -0.15) is 0 Å². The van der Waals surface area contributed by atoms with Gasteiger partial charge in [0.1, 0.15) is 5.01 Å². The minimum Gasteiger partial charge on any atom is -0.481 e. The molecule has 0 aliphatic carbocycles. The first-order valence-electron chi connectivity index (χ1n) is 5.43. The van der Waals surface area contributed by atoms with E-state index < -0.39 is 12.0 Å². The second-order valence-electron chi connectivity index (χ2n) is 3.91. The molecule has 0 spiro atoms. The highest BCUT2D eigenvalue weighted by atomic mass is 32.1. The number of carboxylic acids is 1. The minimum atomic E-state index is -0.904. The standard InChI is InChI=1S/C12H13N3O2S/c1-7-11(9(13)5-10(16)17)18-12(15-7)8-3-2-4-14-6-8/h2-4,6,9H,5,13H2,1H3,(H,16,17). The van der Waals surface area contributed by atoms with E-state index in [-0.39, 0.29) is 6.42 Å². The monoisotopic (exact) mass is 263 g/mol. The zero-order valence-electron chi connectivity index (χ0n) is 9.83. The first kappa shape index (κ1) is 12.7. The van der Waals surface area contributed by atoms with Crippen molar-refractivity contribution in [1.82, 2.24) is 9.97 Å². The van der Waals surface area contributed by atoms with E-state index in [9.17, 15) is 4.79 Å². The van der Waals surface area contributed by atoms with Crippen molar-refractivity contribution >= 4 is 17.3 Å². The fourth-order valence-electron chi connectivity index (χ4n) is 1.65. The molecule has 0 amide bonds. The van der Waals surface area contributed by atoms with Gasteiger partial charge < -0.3 is 10.8 Å². The molecule has 2 heterocycles. The Bertz CT molecular complexity index is 554. The van der Waals surface area contributed by atoms with Crippen LogP contribution in [-0.2, 0) is 4.79 Å². The van der Waals surface area contributed by atoms with Gasteiger partial charge in [0.15, 0.2) is 0 Å². The Hall–Kier alpha value is -1.79. The van der Waals surface area contributed by atoms with Crippen molar-refractivity contribution in [2.24, 2.45) is 5.73 Å². The maximum absolute atomic E-state index is 10.7. The molecule has 0 bridgehead atoms. The van der Waals surface area contributed by atoms with Crippen LogP contribution in [0.4, 0.5) is 0 Å². The molecule has 0 aromatic carbocycles. The van der Waals surface area contributed by atoms with E-state index in [1.807, 2.05) is 19.1 Å². The molecular formula is C12H13N3O2S. The number of thiazole rings is 1. The summed E-state index contributed by atoms with van der Waals surface area (Å²) in [5, 5.41) is 9.57. The number of rotatable bonds is 4. The van der Waals surface area contributed by atoms with E-state index >= 15 is 0 Å². The average molecular weight is 263 g/mol. The number of pyridine rings is 1. The van der Waals surface area contributed by atoms with Crippen molar-refractivity contribution < 1.29 is 9.90 Å². The molecule has 94 valence electrons. The van der Waals surface area contributed by atoms with Crippen LogP contribution in [0, 0.1) is 6.92 Å². The molecule has 0 aliphatic heterocycles. The van der Waals surface area contributed by atoms with Crippen molar-refractivity contribution in [2.45, 2.75) is 19.4 Å². The molecule has 2 aromatic heterocycles. The van der Waals surface area contributed by atoms with Gasteiger partial charge in [0.25, 0.3) is 0 Å². The molecule has 1 atom stereocenters. The van der Waals surface area contributed by atoms with Crippen LogP contribution in [-0.4, -0.2) is 21.0 Å². The van der Waals surface area contributed by atoms with E-state index in [0.29, 0.717) is 0 Å². The molecule has 6 heteroatoms. The minimum absolute atomic E-state index is 0.0878. The fraction of sp³-hybridized carbons (Fsp3) is 0.250. The van der Waals surface area contributed by atoms with Crippen molar-refractivity contribution in [3.8, 4) is 10.6 Å². The van der Waals surface area contributed by atoms with Crippen LogP contribution in [0.25, 0.3) is 10.6 Å². The van der Waals surface area contributed by atoms with Gasteiger partial charge in [-0.25, -0.2) is 4.98 Å². The third-order valence-electron chi connectivity index (χ3n) is 2.47. The first-order valence-corrected chi connectivity index (χ1v) is 6.24. The van der Waals surface area contributed by atoms with Crippen LogP contribution in [0.5, 0.6) is 0 Å². The van der Waals surface area contributed by atoms with E-state index in [2.05, 4.69) is 9.97 Å². The molecule has 0 aliphatic rings. The molecule has 1 unspecified atom stereocenters. The van der Waals surface area contributed by atoms with Gasteiger partial charge in [-0.05, 0) is 19.1 Å². The average Bonchev–Trinajstić information content (AvgIpc) is 2.72. The number of hydrogen-bond donors (Lipinski definition) is 2. The predicted octanol–water partition coefficient (Wildman–Crippen LogP) is 1.99. The normalized spacial score (nSPS) is 12.3. The van der Waals surface area contributed by atoms with E-state index in [0.717, 1.165) is 21.1 Å². The number of aliphatic carboxylic acids is 1. The van der Waals surface area contributed by atoms with Crippen LogP contribution in [0.1, 0.15) is 23.0 Å². The summed E-state index contributed by atoms with van der Waals surface area (Å²) in [7, 11) is 0. The lowest BCUT2D eigenvalue weighted by atomic mass is 10.1. The predicted molar refractivity (Wildman–Crippen MR) is 69.3 cm³/mol. The number of aryl methyl sites for hydroxylation is 1. The molecule has 18 heavy (non-hydrogen) atoms. The summed E-state index contributed by atoms with van der Waals surface area (Å²) in [6.07, 6.45) is 3.33. The Kier molecular flexibility index (Phi) is 3.69. The number of aromatic nitrogens is 2. The molecule has 0 saturated heterocycles. The number of carboxylic acid groups (broad SMARTS) is 1. The van der Waals surface area contributed by atoms with Crippen LogP contribution in [0.15, 0.2) is 24.5 Å². The lowest BCUT2D eigenvalue weighted by molar-refractivity contribution is -0.137.